The number of fused-ring (bicyclic) bond motifs is 4. The van der Waals surface area contributed by atoms with E-state index in [1.807, 2.05) is 48.5 Å². The Balaban J connectivity index is 0.727. The monoisotopic (exact) mass is 736 g/mol. The standard InChI is InChI=1S/C43H36N4O4S2/c48-38-28-7-3-1-5-26(28)36-34-30(38)17-19-32(40(34)52-46-36)42(50)44-24-13-9-22(10-14-24)21-23-11-15-25(16-12-23)45-43(51)33-20-18-31-35-37(47-53-41(33)35)27-6-2-4-8-29(27)39(31)49/h1-8,17-20,22-25H,9-16,21H2,(H,44,50)(H,45,51). The van der Waals surface area contributed by atoms with Gasteiger partial charge in [0, 0.05) is 56.2 Å². The van der Waals surface area contributed by atoms with Crippen LogP contribution >= 0.6 is 23.1 Å². The summed E-state index contributed by atoms with van der Waals surface area (Å²) in [6.07, 6.45) is 9.45. The molecule has 2 N–H and O–H groups in total. The Hall–Kier alpha value is -5.06. The molecule has 6 aromatic rings. The molecule has 0 radical (unpaired) electrons. The molecule has 2 amide bonds. The zero-order valence-corrected chi connectivity index (χ0v) is 30.6. The van der Waals surface area contributed by atoms with Crippen LogP contribution < -0.4 is 10.6 Å². The van der Waals surface area contributed by atoms with Crippen molar-refractivity contribution in [2.75, 3.05) is 0 Å². The number of rotatable bonds is 6. The van der Waals surface area contributed by atoms with Crippen molar-refractivity contribution in [2.45, 2.75) is 69.9 Å². The summed E-state index contributed by atoms with van der Waals surface area (Å²) in [5.74, 6) is 1.10. The Bertz CT molecular complexity index is 2350. The average molecular weight is 737 g/mol. The van der Waals surface area contributed by atoms with E-state index in [-0.39, 0.29) is 35.5 Å². The number of carbonyl (C=O) groups is 4. The second-order valence-electron chi connectivity index (χ2n) is 15.2. The van der Waals surface area contributed by atoms with Gasteiger partial charge in [-0.2, -0.15) is 8.75 Å². The lowest BCUT2D eigenvalue weighted by molar-refractivity contribution is 0.0917. The highest BCUT2D eigenvalue weighted by atomic mass is 32.1. The molecule has 264 valence electrons. The van der Waals surface area contributed by atoms with E-state index in [4.69, 9.17) is 8.75 Å². The third-order valence-corrected chi connectivity index (χ3v) is 13.9. The molecule has 10 heteroatoms. The number of nitrogens with one attached hydrogen (secondary N) is 2. The topological polar surface area (TPSA) is 118 Å². The summed E-state index contributed by atoms with van der Waals surface area (Å²) in [6, 6.07) is 22.6. The molecular formula is C43H36N4O4S2. The van der Waals surface area contributed by atoms with Crippen LogP contribution in [0.2, 0.25) is 0 Å². The lowest BCUT2D eigenvalue weighted by Crippen LogP contribution is -2.39. The number of benzene rings is 4. The Kier molecular flexibility index (Phi) is 7.87. The molecular weight excluding hydrogens is 701 g/mol. The van der Waals surface area contributed by atoms with Gasteiger partial charge in [-0.05, 0) is 117 Å². The smallest absolute Gasteiger partial charge is 0.253 e. The highest BCUT2D eigenvalue weighted by Gasteiger charge is 2.33. The fourth-order valence-electron chi connectivity index (χ4n) is 9.35. The summed E-state index contributed by atoms with van der Waals surface area (Å²) in [5, 5.41) is 8.21. The molecule has 2 aromatic heterocycles. The predicted octanol–water partition coefficient (Wildman–Crippen LogP) is 9.00. The minimum atomic E-state index is -0.0867. The van der Waals surface area contributed by atoms with Crippen LogP contribution in [0.5, 0.6) is 0 Å². The summed E-state index contributed by atoms with van der Waals surface area (Å²) in [4.78, 5) is 53.6. The normalized spacial score (nSPS) is 21.7. The fourth-order valence-corrected chi connectivity index (χ4v) is 11.2. The third kappa shape index (κ3) is 5.36. The van der Waals surface area contributed by atoms with Crippen molar-refractivity contribution in [2.24, 2.45) is 11.8 Å². The molecule has 4 aromatic carbocycles. The van der Waals surface area contributed by atoms with Gasteiger partial charge in [-0.25, -0.2) is 0 Å². The van der Waals surface area contributed by atoms with E-state index in [9.17, 15) is 19.2 Å². The first kappa shape index (κ1) is 32.6. The lowest BCUT2D eigenvalue weighted by atomic mass is 9.75. The molecule has 0 saturated heterocycles. The number of ketones is 2. The Morgan fingerprint density at radius 3 is 1.34 bits per heavy atom. The number of carbonyl (C=O) groups excluding carboxylic acids is 4. The van der Waals surface area contributed by atoms with Crippen molar-refractivity contribution in [1.29, 1.82) is 0 Å². The average Bonchev–Trinajstić information content (AvgIpc) is 3.84. The molecule has 0 bridgehead atoms. The van der Waals surface area contributed by atoms with Crippen LogP contribution in [0.15, 0.2) is 72.8 Å². The zero-order valence-electron chi connectivity index (χ0n) is 28.9. The lowest BCUT2D eigenvalue weighted by Gasteiger charge is -2.34. The molecule has 2 fully saturated rings. The zero-order chi connectivity index (χ0) is 35.8. The van der Waals surface area contributed by atoms with Gasteiger partial charge in [0.2, 0.25) is 0 Å². The second-order valence-corrected chi connectivity index (χ2v) is 16.7. The molecule has 4 aliphatic rings. The van der Waals surface area contributed by atoms with Crippen LogP contribution in [0.1, 0.15) is 110 Å². The van der Waals surface area contributed by atoms with Gasteiger partial charge in [-0.3, -0.25) is 19.2 Å². The van der Waals surface area contributed by atoms with Gasteiger partial charge < -0.3 is 10.6 Å². The van der Waals surface area contributed by atoms with Crippen LogP contribution in [-0.2, 0) is 0 Å². The number of nitrogens with zero attached hydrogens (tertiary/aromatic N) is 2. The van der Waals surface area contributed by atoms with Gasteiger partial charge in [-0.15, -0.1) is 0 Å². The van der Waals surface area contributed by atoms with Gasteiger partial charge in [-0.1, -0.05) is 48.5 Å². The van der Waals surface area contributed by atoms with E-state index in [0.29, 0.717) is 45.2 Å². The van der Waals surface area contributed by atoms with Gasteiger partial charge in [0.1, 0.15) is 0 Å². The van der Waals surface area contributed by atoms with Crippen LogP contribution in [0.3, 0.4) is 0 Å². The first-order chi connectivity index (χ1) is 25.9. The first-order valence-electron chi connectivity index (χ1n) is 18.7. The van der Waals surface area contributed by atoms with E-state index in [1.54, 1.807) is 24.3 Å². The van der Waals surface area contributed by atoms with Gasteiger partial charge in [0.05, 0.1) is 31.9 Å². The van der Waals surface area contributed by atoms with E-state index in [1.165, 1.54) is 29.5 Å². The number of hydrogen-bond donors (Lipinski definition) is 2. The van der Waals surface area contributed by atoms with Gasteiger partial charge in [0.25, 0.3) is 11.8 Å². The minimum absolute atomic E-state index is 0.0132. The molecule has 0 aliphatic heterocycles. The molecule has 10 rings (SSSR count). The van der Waals surface area contributed by atoms with Crippen molar-refractivity contribution in [3.05, 3.63) is 106 Å². The Morgan fingerprint density at radius 2 is 0.925 bits per heavy atom. The van der Waals surface area contributed by atoms with Crippen LogP contribution in [0, 0.1) is 11.8 Å². The molecule has 0 spiro atoms. The summed E-state index contributed by atoms with van der Waals surface area (Å²) in [7, 11) is 0. The first-order valence-corrected chi connectivity index (χ1v) is 20.2. The Labute approximate surface area is 314 Å². The summed E-state index contributed by atoms with van der Waals surface area (Å²) < 4.78 is 11.0. The van der Waals surface area contributed by atoms with Gasteiger partial charge >= 0.3 is 0 Å². The van der Waals surface area contributed by atoms with Crippen molar-refractivity contribution in [3.8, 4) is 22.5 Å². The molecule has 0 atom stereocenters. The number of aromatic nitrogens is 2. The third-order valence-electron chi connectivity index (χ3n) is 12.1. The number of hydrogen-bond acceptors (Lipinski definition) is 8. The SMILES string of the molecule is O=C(NC1CCC(CC2CCC(NC(=O)c3ccc4c5c(nsc35)-c3ccccc3C4=O)CC2)CC1)c1ccc2c3c(nsc13)-c1ccccc1C2=O. The van der Waals surface area contributed by atoms with Crippen molar-refractivity contribution >= 4 is 66.6 Å². The summed E-state index contributed by atoms with van der Waals surface area (Å²) >= 11 is 2.60. The largest absolute Gasteiger partial charge is 0.349 e. The maximum absolute atomic E-state index is 13.6. The molecule has 2 heterocycles. The van der Waals surface area contributed by atoms with Crippen LogP contribution in [-0.4, -0.2) is 44.2 Å². The maximum atomic E-state index is 13.6. The predicted molar refractivity (Wildman–Crippen MR) is 208 cm³/mol. The molecule has 2 saturated carbocycles. The number of amides is 2. The van der Waals surface area contributed by atoms with Crippen molar-refractivity contribution in [3.63, 3.8) is 0 Å². The fraction of sp³-hybridized carbons (Fsp3) is 0.302. The second kappa shape index (κ2) is 12.8. The molecule has 4 aliphatic carbocycles. The van der Waals surface area contributed by atoms with Crippen molar-refractivity contribution < 1.29 is 19.2 Å². The Morgan fingerprint density at radius 1 is 0.528 bits per heavy atom. The van der Waals surface area contributed by atoms with E-state index < -0.39 is 0 Å². The highest BCUT2D eigenvalue weighted by molar-refractivity contribution is 7.14. The minimum Gasteiger partial charge on any atom is -0.349 e. The van der Waals surface area contributed by atoms with Crippen LogP contribution in [0.25, 0.3) is 42.7 Å². The molecule has 53 heavy (non-hydrogen) atoms. The quantitative estimate of drug-likeness (QED) is 0.176. The van der Waals surface area contributed by atoms with E-state index in [0.717, 1.165) is 94.1 Å². The molecule has 0 unspecified atom stereocenters. The van der Waals surface area contributed by atoms with E-state index >= 15 is 0 Å². The summed E-state index contributed by atoms with van der Waals surface area (Å²) in [5.41, 5.74) is 7.03. The van der Waals surface area contributed by atoms with Crippen molar-refractivity contribution in [1.82, 2.24) is 19.4 Å². The van der Waals surface area contributed by atoms with E-state index in [2.05, 4.69) is 10.6 Å². The molecule has 8 nitrogen and oxygen atoms in total. The van der Waals surface area contributed by atoms with Gasteiger partial charge in [0.15, 0.2) is 11.6 Å². The summed E-state index contributed by atoms with van der Waals surface area (Å²) in [6.45, 7) is 0. The van der Waals surface area contributed by atoms with Crippen LogP contribution in [0.4, 0.5) is 0 Å². The maximum Gasteiger partial charge on any atom is 0.253 e. The highest BCUT2D eigenvalue weighted by Crippen LogP contribution is 2.44.